The van der Waals surface area contributed by atoms with E-state index in [4.69, 9.17) is 23.7 Å². The van der Waals surface area contributed by atoms with E-state index in [9.17, 15) is 0 Å². The number of ether oxygens (including phenoxy) is 5. The average molecular weight is 537 g/mol. The van der Waals surface area contributed by atoms with E-state index in [0.29, 0.717) is 38.1 Å². The second kappa shape index (κ2) is 13.6. The quantitative estimate of drug-likeness (QED) is 0.185. The Bertz CT molecular complexity index is 1030. The maximum absolute atomic E-state index is 6.27. The molecule has 0 heterocycles. The molecule has 6 atom stereocenters. The maximum Gasteiger partial charge on any atom is 0.188 e. The van der Waals surface area contributed by atoms with Crippen LogP contribution in [0.4, 0.5) is 0 Å². The van der Waals surface area contributed by atoms with Crippen LogP contribution in [0.1, 0.15) is 80.9 Å². The summed E-state index contributed by atoms with van der Waals surface area (Å²) in [6.07, 6.45) is 11.3. The van der Waals surface area contributed by atoms with Crippen LogP contribution in [-0.4, -0.2) is 40.5 Å². The molecular weight excluding hydrogens is 488 g/mol. The summed E-state index contributed by atoms with van der Waals surface area (Å²) >= 11 is 0. The number of unbranched alkanes of at least 4 members (excludes halogenated alkanes) is 2. The molecule has 214 valence electrons. The van der Waals surface area contributed by atoms with Crippen LogP contribution < -0.4 is 4.74 Å². The lowest BCUT2D eigenvalue weighted by Crippen LogP contribution is -2.47. The first-order valence-corrected chi connectivity index (χ1v) is 15.1. The van der Waals surface area contributed by atoms with Crippen molar-refractivity contribution >= 4 is 0 Å². The fourth-order valence-corrected chi connectivity index (χ4v) is 8.19. The van der Waals surface area contributed by atoms with Gasteiger partial charge in [0.05, 0.1) is 12.7 Å². The lowest BCUT2D eigenvalue weighted by atomic mass is 9.52. The number of hydrogen-bond donors (Lipinski definition) is 0. The highest BCUT2D eigenvalue weighted by Gasteiger charge is 2.57. The third-order valence-electron chi connectivity index (χ3n) is 9.99. The summed E-state index contributed by atoms with van der Waals surface area (Å²) < 4.78 is 28.5. The summed E-state index contributed by atoms with van der Waals surface area (Å²) in [6, 6.07) is 17.3. The maximum atomic E-state index is 6.27. The number of methoxy groups -OCH3 is 2. The minimum atomic E-state index is 0.252. The van der Waals surface area contributed by atoms with Crippen molar-refractivity contribution in [1.29, 1.82) is 0 Å². The third kappa shape index (κ3) is 6.53. The van der Waals surface area contributed by atoms with Crippen LogP contribution in [0.3, 0.4) is 0 Å². The van der Waals surface area contributed by atoms with Crippen molar-refractivity contribution in [2.45, 2.75) is 83.3 Å². The van der Waals surface area contributed by atoms with Gasteiger partial charge in [0.2, 0.25) is 0 Å². The molecule has 0 N–H and O–H groups in total. The normalized spacial score (nSPS) is 29.5. The van der Waals surface area contributed by atoms with Crippen LogP contribution in [0.15, 0.2) is 48.5 Å². The van der Waals surface area contributed by atoms with Crippen LogP contribution in [-0.2, 0) is 32.0 Å². The molecule has 39 heavy (non-hydrogen) atoms. The van der Waals surface area contributed by atoms with E-state index in [2.05, 4.69) is 55.5 Å². The van der Waals surface area contributed by atoms with Gasteiger partial charge < -0.3 is 23.7 Å². The van der Waals surface area contributed by atoms with Crippen molar-refractivity contribution in [2.24, 2.45) is 23.2 Å². The molecule has 1 unspecified atom stereocenters. The zero-order valence-corrected chi connectivity index (χ0v) is 24.2. The fraction of sp³-hybridized carbons (Fsp3) is 0.647. The lowest BCUT2D eigenvalue weighted by Gasteiger charge is -2.53. The number of fused-ring (bicyclic) bond motifs is 5. The van der Waals surface area contributed by atoms with Gasteiger partial charge >= 0.3 is 0 Å². The van der Waals surface area contributed by atoms with Crippen LogP contribution >= 0.6 is 0 Å². The van der Waals surface area contributed by atoms with Gasteiger partial charge in [-0.15, -0.1) is 0 Å². The molecule has 2 fully saturated rings. The molecule has 5 rings (SSSR count). The largest absolute Gasteiger partial charge is 0.468 e. The summed E-state index contributed by atoms with van der Waals surface area (Å²) in [4.78, 5) is 0. The minimum absolute atomic E-state index is 0.252. The molecule has 0 saturated heterocycles. The average Bonchev–Trinajstić information content (AvgIpc) is 3.30. The zero-order valence-electron chi connectivity index (χ0n) is 24.2. The third-order valence-corrected chi connectivity index (χ3v) is 9.99. The minimum Gasteiger partial charge on any atom is -0.468 e. The Labute approximate surface area is 235 Å². The number of hydrogen-bond acceptors (Lipinski definition) is 5. The molecule has 2 saturated carbocycles. The summed E-state index contributed by atoms with van der Waals surface area (Å²) in [5.41, 5.74) is 4.57. The Morgan fingerprint density at radius 3 is 2.56 bits per heavy atom. The Kier molecular flexibility index (Phi) is 9.99. The summed E-state index contributed by atoms with van der Waals surface area (Å²) in [6.45, 7) is 4.77. The standard InChI is InChI=1S/C34H48O5/c1-34-18-17-30-29-14-13-28(38-23-35-2)21-27(29)20-26(33(30)31(34)15-16-32(34)39-24-36-3)12-8-5-9-19-37-22-25-10-6-4-7-11-25/h4,6-7,10-11,13-14,21,26,30-33H,5,8-9,12,15-20,22-24H2,1-3H3/t26-,30?,31+,32+,33-,34+/m1/s1. The highest BCUT2D eigenvalue weighted by Crippen LogP contribution is 2.63. The number of rotatable bonds is 14. The fourth-order valence-electron chi connectivity index (χ4n) is 8.19. The van der Waals surface area contributed by atoms with Gasteiger partial charge in [-0.1, -0.05) is 56.2 Å². The smallest absolute Gasteiger partial charge is 0.188 e. The van der Waals surface area contributed by atoms with Crippen molar-refractivity contribution in [3.05, 3.63) is 65.2 Å². The van der Waals surface area contributed by atoms with Crippen molar-refractivity contribution in [2.75, 3.05) is 34.4 Å². The second-order valence-corrected chi connectivity index (χ2v) is 12.2. The lowest BCUT2D eigenvalue weighted by molar-refractivity contribution is -0.128. The van der Waals surface area contributed by atoms with Crippen LogP contribution in [0.25, 0.3) is 0 Å². The van der Waals surface area contributed by atoms with Gasteiger partial charge in [-0.3, -0.25) is 0 Å². The topological polar surface area (TPSA) is 46.2 Å². The molecule has 0 aliphatic heterocycles. The molecule has 3 aliphatic rings. The molecule has 0 spiro atoms. The van der Waals surface area contributed by atoms with Crippen molar-refractivity contribution in [3.63, 3.8) is 0 Å². The van der Waals surface area contributed by atoms with Crippen molar-refractivity contribution in [1.82, 2.24) is 0 Å². The highest BCUT2D eigenvalue weighted by molar-refractivity contribution is 5.41. The SMILES string of the molecule is COCOc1ccc2c(c1)C[C@@H](CCCCCOCc1ccccc1)[C@@H]1C2CC[C@]2(C)[C@@H](OCOC)CC[C@@H]12. The highest BCUT2D eigenvalue weighted by atomic mass is 16.7. The van der Waals surface area contributed by atoms with Crippen LogP contribution in [0, 0.1) is 23.2 Å². The molecule has 0 bridgehead atoms. The molecule has 5 heteroatoms. The van der Waals surface area contributed by atoms with E-state index in [1.54, 1.807) is 19.8 Å². The van der Waals surface area contributed by atoms with Crippen LogP contribution in [0.2, 0.25) is 0 Å². The molecular formula is C34H48O5. The van der Waals surface area contributed by atoms with E-state index in [-0.39, 0.29) is 5.41 Å². The van der Waals surface area contributed by atoms with E-state index in [0.717, 1.165) is 43.5 Å². The van der Waals surface area contributed by atoms with E-state index < -0.39 is 0 Å². The van der Waals surface area contributed by atoms with Gasteiger partial charge in [0, 0.05) is 20.8 Å². The molecule has 0 radical (unpaired) electrons. The van der Waals surface area contributed by atoms with E-state index >= 15 is 0 Å². The summed E-state index contributed by atoms with van der Waals surface area (Å²) in [7, 11) is 3.41. The van der Waals surface area contributed by atoms with Crippen molar-refractivity contribution < 1.29 is 23.7 Å². The van der Waals surface area contributed by atoms with Gasteiger partial charge in [-0.25, -0.2) is 0 Å². The predicted molar refractivity (Wildman–Crippen MR) is 154 cm³/mol. The van der Waals surface area contributed by atoms with Crippen LogP contribution in [0.5, 0.6) is 5.75 Å². The Hall–Kier alpha value is -1.92. The Balaban J connectivity index is 1.24. The molecule has 5 nitrogen and oxygen atoms in total. The first-order chi connectivity index (χ1) is 19.1. The van der Waals surface area contributed by atoms with E-state index in [1.165, 1.54) is 49.7 Å². The van der Waals surface area contributed by atoms with Gasteiger partial charge in [-0.05, 0) is 103 Å². The molecule has 2 aromatic carbocycles. The molecule has 2 aromatic rings. The zero-order chi connectivity index (χ0) is 27.1. The van der Waals surface area contributed by atoms with Gasteiger partial charge in [0.1, 0.15) is 12.5 Å². The first-order valence-electron chi connectivity index (χ1n) is 15.1. The summed E-state index contributed by atoms with van der Waals surface area (Å²) in [5.74, 6) is 3.72. The molecule has 0 amide bonds. The predicted octanol–water partition coefficient (Wildman–Crippen LogP) is 7.52. The number of benzene rings is 2. The van der Waals surface area contributed by atoms with Crippen molar-refractivity contribution in [3.8, 4) is 5.75 Å². The van der Waals surface area contributed by atoms with E-state index in [1.807, 2.05) is 0 Å². The summed E-state index contributed by atoms with van der Waals surface area (Å²) in [5, 5.41) is 0. The van der Waals surface area contributed by atoms with Gasteiger partial charge in [-0.2, -0.15) is 0 Å². The molecule has 3 aliphatic carbocycles. The monoisotopic (exact) mass is 536 g/mol. The Morgan fingerprint density at radius 1 is 0.897 bits per heavy atom. The van der Waals surface area contributed by atoms with Gasteiger partial charge in [0.15, 0.2) is 6.79 Å². The first kappa shape index (κ1) is 28.6. The second-order valence-electron chi connectivity index (χ2n) is 12.2. The van der Waals surface area contributed by atoms with Gasteiger partial charge in [0.25, 0.3) is 0 Å². The Morgan fingerprint density at radius 2 is 1.74 bits per heavy atom. The molecule has 0 aromatic heterocycles.